The number of hydrogen-bond acceptors (Lipinski definition) is 6. The number of carbonyl (C=O) groups is 1. The molecule has 10 heteroatoms. The molecule has 0 radical (unpaired) electrons. The number of benzene rings is 2. The molecule has 1 aromatic heterocycles. The van der Waals surface area contributed by atoms with E-state index in [0.29, 0.717) is 22.1 Å². The van der Waals surface area contributed by atoms with Gasteiger partial charge < -0.3 is 10.1 Å². The first kappa shape index (κ1) is 18.4. The average Bonchev–Trinajstić information content (AvgIpc) is 2.95. The second-order valence-electron chi connectivity index (χ2n) is 5.28. The number of nitrogens with zero attached hydrogens (tertiary/aromatic N) is 1. The average molecular weight is 412 g/mol. The van der Waals surface area contributed by atoms with Crippen molar-refractivity contribution in [2.45, 2.75) is 11.8 Å². The quantitative estimate of drug-likeness (QED) is 0.666. The predicted octanol–water partition coefficient (Wildman–Crippen LogP) is 3.72. The summed E-state index contributed by atoms with van der Waals surface area (Å²) < 4.78 is 33.4. The molecule has 0 bridgehead atoms. The fraction of sp³-hybridized carbons (Fsp3) is 0.125. The Bertz CT molecular complexity index is 1100. The zero-order valence-corrected chi connectivity index (χ0v) is 16.1. The van der Waals surface area contributed by atoms with Gasteiger partial charge in [-0.15, -0.1) is 0 Å². The number of methoxy groups -OCH3 is 1. The predicted molar refractivity (Wildman–Crippen MR) is 103 cm³/mol. The zero-order valence-electron chi connectivity index (χ0n) is 13.7. The highest BCUT2D eigenvalue weighted by Gasteiger charge is 2.17. The number of anilines is 2. The van der Waals surface area contributed by atoms with Crippen molar-refractivity contribution in [1.82, 2.24) is 4.98 Å². The largest absolute Gasteiger partial charge is 0.495 e. The molecule has 0 aliphatic rings. The van der Waals surface area contributed by atoms with Gasteiger partial charge in [0.05, 0.1) is 32.9 Å². The number of ether oxygens (including phenoxy) is 1. The minimum Gasteiger partial charge on any atom is -0.495 e. The SMILES string of the molecule is COc1ccc(S(=O)(=O)Nc2ccc3sc(NC(C)=O)nc3c2)cc1Cl. The van der Waals surface area contributed by atoms with Crippen molar-refractivity contribution >= 4 is 59.9 Å². The van der Waals surface area contributed by atoms with E-state index in [0.717, 1.165) is 4.70 Å². The van der Waals surface area contributed by atoms with Crippen LogP contribution in [0, 0.1) is 0 Å². The molecule has 0 saturated carbocycles. The number of sulfonamides is 1. The molecule has 2 aromatic carbocycles. The molecule has 0 unspecified atom stereocenters. The van der Waals surface area contributed by atoms with Crippen molar-refractivity contribution in [3.8, 4) is 5.75 Å². The maximum absolute atomic E-state index is 12.6. The molecular formula is C16H14ClN3O4S2. The van der Waals surface area contributed by atoms with Gasteiger partial charge in [0.25, 0.3) is 10.0 Å². The number of rotatable bonds is 5. The number of nitrogens with one attached hydrogen (secondary N) is 2. The second kappa shape index (κ2) is 7.10. The van der Waals surface area contributed by atoms with E-state index in [1.807, 2.05) is 0 Å². The van der Waals surface area contributed by atoms with Crippen LogP contribution in [0.2, 0.25) is 5.02 Å². The number of carbonyl (C=O) groups excluding carboxylic acids is 1. The molecule has 1 amide bonds. The molecule has 0 fully saturated rings. The van der Waals surface area contributed by atoms with Gasteiger partial charge in [0.1, 0.15) is 5.75 Å². The van der Waals surface area contributed by atoms with Gasteiger partial charge in [-0.3, -0.25) is 9.52 Å². The molecule has 0 spiro atoms. The van der Waals surface area contributed by atoms with Crippen LogP contribution in [0.3, 0.4) is 0 Å². The van der Waals surface area contributed by atoms with Gasteiger partial charge >= 0.3 is 0 Å². The van der Waals surface area contributed by atoms with Crippen molar-refractivity contribution in [3.05, 3.63) is 41.4 Å². The fourth-order valence-electron chi connectivity index (χ4n) is 2.22. The lowest BCUT2D eigenvalue weighted by Crippen LogP contribution is -2.12. The Labute approximate surface area is 159 Å². The standard InChI is InChI=1S/C16H14ClN3O4S2/c1-9(21)18-16-19-13-7-10(3-6-15(13)25-16)20-26(22,23)11-4-5-14(24-2)12(17)8-11/h3-8,20H,1-2H3,(H,18,19,21). The lowest BCUT2D eigenvalue weighted by molar-refractivity contribution is -0.114. The number of aromatic nitrogens is 1. The Kier molecular flexibility index (Phi) is 5.03. The highest BCUT2D eigenvalue weighted by Crippen LogP contribution is 2.30. The molecule has 26 heavy (non-hydrogen) atoms. The summed E-state index contributed by atoms with van der Waals surface area (Å²) in [5.74, 6) is 0.168. The third-order valence-corrected chi connectivity index (χ3v) is 5.98. The van der Waals surface area contributed by atoms with Gasteiger partial charge in [0, 0.05) is 6.92 Å². The molecule has 1 heterocycles. The maximum Gasteiger partial charge on any atom is 0.261 e. The highest BCUT2D eigenvalue weighted by molar-refractivity contribution is 7.92. The van der Waals surface area contributed by atoms with Crippen molar-refractivity contribution < 1.29 is 17.9 Å². The van der Waals surface area contributed by atoms with Crippen LogP contribution >= 0.6 is 22.9 Å². The van der Waals surface area contributed by atoms with Gasteiger partial charge in [-0.2, -0.15) is 0 Å². The van der Waals surface area contributed by atoms with E-state index in [-0.39, 0.29) is 15.8 Å². The summed E-state index contributed by atoms with van der Waals surface area (Å²) in [5.41, 5.74) is 0.927. The molecule has 0 saturated heterocycles. The van der Waals surface area contributed by atoms with E-state index < -0.39 is 10.0 Å². The second-order valence-corrected chi connectivity index (χ2v) is 8.40. The van der Waals surface area contributed by atoms with Crippen LogP contribution in [-0.2, 0) is 14.8 Å². The minimum atomic E-state index is -3.83. The third-order valence-electron chi connectivity index (χ3n) is 3.36. The molecule has 7 nitrogen and oxygen atoms in total. The van der Waals surface area contributed by atoms with Gasteiger partial charge in [-0.1, -0.05) is 22.9 Å². The van der Waals surface area contributed by atoms with E-state index in [1.165, 1.54) is 43.6 Å². The minimum absolute atomic E-state index is 0.0145. The molecule has 2 N–H and O–H groups in total. The van der Waals surface area contributed by atoms with E-state index in [2.05, 4.69) is 15.0 Å². The normalized spacial score (nSPS) is 11.3. The third kappa shape index (κ3) is 3.90. The Morgan fingerprint density at radius 2 is 2.00 bits per heavy atom. The number of thiazole rings is 1. The molecule has 3 rings (SSSR count). The summed E-state index contributed by atoms with van der Waals surface area (Å²) in [6.45, 7) is 1.39. The maximum atomic E-state index is 12.6. The van der Waals surface area contributed by atoms with Gasteiger partial charge in [0.15, 0.2) is 5.13 Å². The van der Waals surface area contributed by atoms with Crippen LogP contribution in [0.5, 0.6) is 5.75 Å². The van der Waals surface area contributed by atoms with Crippen LogP contribution in [0.25, 0.3) is 10.2 Å². The van der Waals surface area contributed by atoms with E-state index in [9.17, 15) is 13.2 Å². The lowest BCUT2D eigenvalue weighted by atomic mass is 10.3. The first-order valence-corrected chi connectivity index (χ1v) is 10.0. The van der Waals surface area contributed by atoms with Crippen LogP contribution < -0.4 is 14.8 Å². The number of amides is 1. The van der Waals surface area contributed by atoms with E-state index in [1.54, 1.807) is 18.2 Å². The summed E-state index contributed by atoms with van der Waals surface area (Å²) in [6.07, 6.45) is 0. The number of hydrogen-bond donors (Lipinski definition) is 2. The molecule has 3 aromatic rings. The van der Waals surface area contributed by atoms with Gasteiger partial charge in [0.2, 0.25) is 5.91 Å². The smallest absolute Gasteiger partial charge is 0.261 e. The number of fused-ring (bicyclic) bond motifs is 1. The van der Waals surface area contributed by atoms with Crippen molar-refractivity contribution in [2.75, 3.05) is 17.1 Å². The van der Waals surface area contributed by atoms with Gasteiger partial charge in [-0.05, 0) is 36.4 Å². The Balaban J connectivity index is 1.89. The van der Waals surface area contributed by atoms with Crippen LogP contribution in [-0.4, -0.2) is 26.4 Å². The molecular weight excluding hydrogens is 398 g/mol. The molecule has 136 valence electrons. The summed E-state index contributed by atoms with van der Waals surface area (Å²) in [7, 11) is -2.38. The summed E-state index contributed by atoms with van der Waals surface area (Å²) >= 11 is 7.30. The first-order chi connectivity index (χ1) is 12.3. The molecule has 0 aliphatic carbocycles. The topological polar surface area (TPSA) is 97.4 Å². The fourth-order valence-corrected chi connectivity index (χ4v) is 4.51. The Morgan fingerprint density at radius 1 is 1.23 bits per heavy atom. The van der Waals surface area contributed by atoms with E-state index >= 15 is 0 Å². The highest BCUT2D eigenvalue weighted by atomic mass is 35.5. The van der Waals surface area contributed by atoms with Crippen molar-refractivity contribution in [1.29, 1.82) is 0 Å². The summed E-state index contributed by atoms with van der Waals surface area (Å²) in [6, 6.07) is 9.17. The Hall–Kier alpha value is -2.36. The van der Waals surface area contributed by atoms with Crippen molar-refractivity contribution in [2.24, 2.45) is 0 Å². The zero-order chi connectivity index (χ0) is 18.9. The van der Waals surface area contributed by atoms with Crippen LogP contribution in [0.15, 0.2) is 41.3 Å². The van der Waals surface area contributed by atoms with E-state index in [4.69, 9.17) is 16.3 Å². The molecule has 0 aliphatic heterocycles. The van der Waals surface area contributed by atoms with Gasteiger partial charge in [-0.25, -0.2) is 13.4 Å². The monoisotopic (exact) mass is 411 g/mol. The Morgan fingerprint density at radius 3 is 2.65 bits per heavy atom. The lowest BCUT2D eigenvalue weighted by Gasteiger charge is -2.10. The van der Waals surface area contributed by atoms with Crippen LogP contribution in [0.4, 0.5) is 10.8 Å². The summed E-state index contributed by atoms with van der Waals surface area (Å²) in [5, 5.41) is 3.26. The summed E-state index contributed by atoms with van der Waals surface area (Å²) in [4.78, 5) is 15.4. The van der Waals surface area contributed by atoms with Crippen molar-refractivity contribution in [3.63, 3.8) is 0 Å². The molecule has 0 atom stereocenters. The first-order valence-electron chi connectivity index (χ1n) is 7.33. The van der Waals surface area contributed by atoms with Crippen LogP contribution in [0.1, 0.15) is 6.92 Å². The number of halogens is 1.